The van der Waals surface area contributed by atoms with E-state index in [0.29, 0.717) is 5.69 Å². The predicted molar refractivity (Wildman–Crippen MR) is 111 cm³/mol. The lowest BCUT2D eigenvalue weighted by Crippen LogP contribution is -2.17. The van der Waals surface area contributed by atoms with Crippen molar-refractivity contribution in [2.75, 3.05) is 0 Å². The molecule has 4 rings (SSSR count). The highest BCUT2D eigenvalue weighted by atomic mass is 32.1. The number of hydrogen-bond donors (Lipinski definition) is 0. The molecule has 28 heavy (non-hydrogen) atoms. The first-order valence-electron chi connectivity index (χ1n) is 8.68. The number of nitro benzene ring substituents is 1. The fraction of sp³-hybridized carbons (Fsp3) is 0.158. The number of nitrogens with zero attached hydrogens (tertiary/aromatic N) is 5. The molecule has 0 aliphatic heterocycles. The average molecular weight is 412 g/mol. The Hall–Kier alpha value is -3.04. The molecular weight excluding hydrogens is 394 g/mol. The van der Waals surface area contributed by atoms with Crippen LogP contribution in [0.3, 0.4) is 0 Å². The van der Waals surface area contributed by atoms with Crippen LogP contribution in [0.4, 0.5) is 11.4 Å². The molecule has 0 saturated carbocycles. The van der Waals surface area contributed by atoms with Crippen molar-refractivity contribution in [3.63, 3.8) is 0 Å². The van der Waals surface area contributed by atoms with Crippen LogP contribution in [-0.4, -0.2) is 19.0 Å². The third kappa shape index (κ3) is 3.95. The Kier molecular flexibility index (Phi) is 5.45. The zero-order valence-corrected chi connectivity index (χ0v) is 16.5. The molecule has 0 fully saturated rings. The quantitative estimate of drug-likeness (QED) is 0.326. The van der Waals surface area contributed by atoms with Gasteiger partial charge in [0.05, 0.1) is 21.8 Å². The monoisotopic (exact) mass is 411 g/mol. The molecule has 0 unspecified atom stereocenters. The van der Waals surface area contributed by atoms with Crippen molar-refractivity contribution in [1.82, 2.24) is 14.1 Å². The Labute approximate surface area is 169 Å². The van der Waals surface area contributed by atoms with Crippen molar-refractivity contribution < 1.29 is 4.92 Å². The van der Waals surface area contributed by atoms with Gasteiger partial charge in [-0.3, -0.25) is 10.1 Å². The molecule has 0 atom stereocenters. The van der Waals surface area contributed by atoms with Gasteiger partial charge in [0.1, 0.15) is 5.69 Å². The highest BCUT2D eigenvalue weighted by molar-refractivity contribution is 7.14. The minimum atomic E-state index is -0.393. The summed E-state index contributed by atoms with van der Waals surface area (Å²) in [6.45, 7) is 1.60. The largest absolute Gasteiger partial charge is 0.337 e. The van der Waals surface area contributed by atoms with E-state index in [-0.39, 0.29) is 5.69 Å². The van der Waals surface area contributed by atoms with Crippen LogP contribution in [0.2, 0.25) is 0 Å². The molecule has 3 aromatic heterocycles. The Morgan fingerprint density at radius 1 is 1.14 bits per heavy atom. The summed E-state index contributed by atoms with van der Waals surface area (Å²) in [5.41, 5.74) is 1.47. The molecule has 3 heterocycles. The predicted octanol–water partition coefficient (Wildman–Crippen LogP) is 4.71. The van der Waals surface area contributed by atoms with Crippen molar-refractivity contribution in [2.45, 2.75) is 19.5 Å². The second kappa shape index (κ2) is 8.32. The van der Waals surface area contributed by atoms with Crippen LogP contribution in [0.5, 0.6) is 0 Å². The lowest BCUT2D eigenvalue weighted by Gasteiger charge is -2.08. The Morgan fingerprint density at radius 3 is 2.79 bits per heavy atom. The maximum atomic E-state index is 11.3. The lowest BCUT2D eigenvalue weighted by molar-refractivity contribution is -0.384. The standard InChI is InChI=1S/C19H17N5O2S2/c25-24(26)16-6-2-1-5-15(16)21-19-23(10-4-9-22-11-8-20-14-22)17(13-28-19)18-7-3-12-27-18/h1-3,5-8,11-14H,4,9-10H2. The number of thiazole rings is 1. The minimum absolute atomic E-state index is 0.0125. The van der Waals surface area contributed by atoms with Gasteiger partial charge in [0, 0.05) is 36.9 Å². The van der Waals surface area contributed by atoms with Crippen molar-refractivity contribution in [1.29, 1.82) is 0 Å². The highest BCUT2D eigenvalue weighted by Gasteiger charge is 2.14. The summed E-state index contributed by atoms with van der Waals surface area (Å²) in [6, 6.07) is 10.7. The van der Waals surface area contributed by atoms with Crippen molar-refractivity contribution in [3.05, 3.63) is 80.8 Å². The highest BCUT2D eigenvalue weighted by Crippen LogP contribution is 2.28. The molecule has 0 aliphatic carbocycles. The second-order valence-electron chi connectivity index (χ2n) is 6.04. The zero-order valence-electron chi connectivity index (χ0n) is 14.8. The number of imidazole rings is 1. The van der Waals surface area contributed by atoms with Gasteiger partial charge in [-0.25, -0.2) is 9.98 Å². The van der Waals surface area contributed by atoms with Gasteiger partial charge in [0.25, 0.3) is 5.69 Å². The van der Waals surface area contributed by atoms with Gasteiger partial charge < -0.3 is 9.13 Å². The number of para-hydroxylation sites is 2. The third-order valence-electron chi connectivity index (χ3n) is 4.22. The molecule has 0 aliphatic rings. The van der Waals surface area contributed by atoms with E-state index in [1.54, 1.807) is 42.1 Å². The normalized spacial score (nSPS) is 11.8. The zero-order chi connectivity index (χ0) is 19.3. The molecule has 9 heteroatoms. The van der Waals surface area contributed by atoms with Crippen molar-refractivity contribution in [2.24, 2.45) is 4.99 Å². The average Bonchev–Trinajstić information content (AvgIpc) is 3.44. The third-order valence-corrected chi connectivity index (χ3v) is 5.98. The Morgan fingerprint density at radius 2 is 2.04 bits per heavy atom. The first-order chi connectivity index (χ1) is 13.7. The number of benzene rings is 1. The smallest absolute Gasteiger partial charge is 0.294 e. The van der Waals surface area contributed by atoms with Gasteiger partial charge in [0.2, 0.25) is 0 Å². The van der Waals surface area contributed by atoms with Gasteiger partial charge in [-0.15, -0.1) is 22.7 Å². The maximum absolute atomic E-state index is 11.3. The van der Waals surface area contributed by atoms with Crippen LogP contribution in [0.1, 0.15) is 6.42 Å². The van der Waals surface area contributed by atoms with Crippen LogP contribution >= 0.6 is 22.7 Å². The molecule has 1 aromatic carbocycles. The van der Waals surface area contributed by atoms with E-state index in [4.69, 9.17) is 0 Å². The summed E-state index contributed by atoms with van der Waals surface area (Å²) >= 11 is 3.17. The molecule has 0 saturated heterocycles. The summed E-state index contributed by atoms with van der Waals surface area (Å²) in [5.74, 6) is 0. The fourth-order valence-electron chi connectivity index (χ4n) is 2.90. The van der Waals surface area contributed by atoms with E-state index in [1.807, 2.05) is 22.2 Å². The van der Waals surface area contributed by atoms with Crippen molar-refractivity contribution >= 4 is 34.0 Å². The summed E-state index contributed by atoms with van der Waals surface area (Å²) in [5, 5.41) is 15.4. The molecule has 0 amide bonds. The molecule has 4 aromatic rings. The number of aryl methyl sites for hydroxylation is 1. The van der Waals surface area contributed by atoms with Crippen LogP contribution < -0.4 is 4.80 Å². The molecular formula is C19H17N5O2S2. The van der Waals surface area contributed by atoms with E-state index >= 15 is 0 Å². The fourth-order valence-corrected chi connectivity index (χ4v) is 4.67. The first-order valence-corrected chi connectivity index (χ1v) is 10.4. The SMILES string of the molecule is O=[N+]([O-])c1ccccc1N=c1scc(-c2cccs2)n1CCCn1ccnc1. The van der Waals surface area contributed by atoms with Crippen molar-refractivity contribution in [3.8, 4) is 10.6 Å². The van der Waals surface area contributed by atoms with Gasteiger partial charge >= 0.3 is 0 Å². The second-order valence-corrected chi connectivity index (χ2v) is 7.83. The minimum Gasteiger partial charge on any atom is -0.337 e. The summed E-state index contributed by atoms with van der Waals surface area (Å²) < 4.78 is 4.18. The molecule has 0 radical (unpaired) electrons. The van der Waals surface area contributed by atoms with E-state index in [0.717, 1.165) is 34.9 Å². The number of aromatic nitrogens is 3. The number of rotatable bonds is 7. The van der Waals surface area contributed by atoms with Crippen LogP contribution in [0, 0.1) is 10.1 Å². The Bertz CT molecular complexity index is 1130. The van der Waals surface area contributed by atoms with E-state index in [2.05, 4.69) is 26.0 Å². The summed E-state index contributed by atoms with van der Waals surface area (Å²) in [7, 11) is 0. The van der Waals surface area contributed by atoms with Gasteiger partial charge in [-0.2, -0.15) is 0 Å². The van der Waals surface area contributed by atoms with Gasteiger partial charge in [-0.1, -0.05) is 18.2 Å². The molecule has 0 bridgehead atoms. The van der Waals surface area contributed by atoms with Gasteiger partial charge in [-0.05, 0) is 23.9 Å². The molecule has 142 valence electrons. The maximum Gasteiger partial charge on any atom is 0.294 e. The van der Waals surface area contributed by atoms with Crippen LogP contribution in [0.25, 0.3) is 10.6 Å². The van der Waals surface area contributed by atoms with E-state index < -0.39 is 4.92 Å². The van der Waals surface area contributed by atoms with Crippen LogP contribution in [-0.2, 0) is 13.1 Å². The number of hydrogen-bond acceptors (Lipinski definition) is 6. The first kappa shape index (κ1) is 18.3. The summed E-state index contributed by atoms with van der Waals surface area (Å²) in [4.78, 5) is 21.6. The summed E-state index contributed by atoms with van der Waals surface area (Å²) in [6.07, 6.45) is 6.41. The molecule has 0 N–H and O–H groups in total. The van der Waals surface area contributed by atoms with E-state index in [1.165, 1.54) is 17.4 Å². The number of nitro groups is 1. The lowest BCUT2D eigenvalue weighted by atomic mass is 10.3. The Balaban J connectivity index is 1.72. The molecule has 0 spiro atoms. The van der Waals surface area contributed by atoms with Crippen LogP contribution in [0.15, 0.2) is 70.9 Å². The van der Waals surface area contributed by atoms with E-state index in [9.17, 15) is 10.1 Å². The van der Waals surface area contributed by atoms with Gasteiger partial charge in [0.15, 0.2) is 4.80 Å². The topological polar surface area (TPSA) is 78.2 Å². The number of thiophene rings is 1. The molecule has 7 nitrogen and oxygen atoms in total.